The highest BCUT2D eigenvalue weighted by Gasteiger charge is 2.62. The quantitative estimate of drug-likeness (QED) is 0.111. The fourth-order valence-electron chi connectivity index (χ4n) is 17.3. The van der Waals surface area contributed by atoms with Crippen molar-refractivity contribution in [3.8, 4) is 16.8 Å². The molecule has 0 saturated heterocycles. The Morgan fingerprint density at radius 3 is 1.84 bits per heavy atom. The summed E-state index contributed by atoms with van der Waals surface area (Å²) >= 11 is 0. The maximum atomic E-state index is 2.65. The Morgan fingerprint density at radius 2 is 1.04 bits per heavy atom. The molecule has 4 saturated carbocycles. The van der Waals surface area contributed by atoms with E-state index in [0.29, 0.717) is 11.8 Å². The highest BCUT2D eigenvalue weighted by molar-refractivity contribution is 6.52. The van der Waals surface area contributed by atoms with Gasteiger partial charge in [0.1, 0.15) is 15.7 Å². The molecule has 13 aromatic rings. The van der Waals surface area contributed by atoms with E-state index in [1.54, 1.807) is 11.1 Å². The molecule has 0 atom stereocenters. The minimum Gasteiger partial charge on any atom is -0.310 e. The zero-order valence-electron chi connectivity index (χ0n) is 46.0. The summed E-state index contributed by atoms with van der Waals surface area (Å²) in [5.41, 5.74) is 21.1. The van der Waals surface area contributed by atoms with Gasteiger partial charge in [0, 0.05) is 55.4 Å². The van der Waals surface area contributed by atoms with Crippen molar-refractivity contribution in [2.24, 2.45) is 23.7 Å². The van der Waals surface area contributed by atoms with Crippen LogP contribution in [-0.2, 0) is 5.41 Å². The number of rotatable bonds is 8. The number of nitrogens with zero attached hydrogens (tertiary/aromatic N) is 3. The van der Waals surface area contributed by atoms with Crippen molar-refractivity contribution in [1.82, 2.24) is 4.57 Å². The number of hydrogen-bond donors (Lipinski definition) is 0. The lowest BCUT2D eigenvalue weighted by Gasteiger charge is -2.61. The van der Waals surface area contributed by atoms with Gasteiger partial charge in [0.25, 0.3) is 0 Å². The second-order valence-corrected chi connectivity index (χ2v) is 24.7. The third-order valence-electron chi connectivity index (χ3n) is 20.4. The summed E-state index contributed by atoms with van der Waals surface area (Å²) in [6.45, 7) is 4.74. The van der Waals surface area contributed by atoms with Crippen LogP contribution in [0.3, 0.4) is 0 Å². The third kappa shape index (κ3) is 6.41. The minimum absolute atomic E-state index is 0.0954. The van der Waals surface area contributed by atoms with E-state index in [0.717, 1.165) is 28.9 Å². The molecule has 5 aliphatic rings. The molecule has 0 unspecified atom stereocenters. The van der Waals surface area contributed by atoms with Crippen molar-refractivity contribution in [2.45, 2.75) is 57.3 Å². The molecule has 1 spiro atoms. The lowest BCUT2D eigenvalue weighted by Crippen LogP contribution is -2.57. The Kier molecular flexibility index (Phi) is 9.99. The van der Waals surface area contributed by atoms with Gasteiger partial charge in [-0.15, -0.1) is 0 Å². The van der Waals surface area contributed by atoms with Crippen LogP contribution >= 0.6 is 0 Å². The van der Waals surface area contributed by atoms with Crippen molar-refractivity contribution in [3.05, 3.63) is 235 Å². The van der Waals surface area contributed by atoms with Gasteiger partial charge in [-0.2, -0.15) is 0 Å². The van der Waals surface area contributed by atoms with E-state index in [2.05, 4.69) is 262 Å². The fraction of sp³-hybridized carbons (Fsp3) is 0.173. The van der Waals surface area contributed by atoms with E-state index in [1.165, 1.54) is 147 Å². The van der Waals surface area contributed by atoms with Crippen LogP contribution in [0.1, 0.15) is 68.6 Å². The number of para-hydroxylation sites is 3. The lowest BCUT2D eigenvalue weighted by atomic mass is 9.42. The van der Waals surface area contributed by atoms with Gasteiger partial charge in [-0.05, 0) is 201 Å². The predicted molar refractivity (Wildman–Crippen MR) is 345 cm³/mol. The molecule has 0 aliphatic heterocycles. The van der Waals surface area contributed by atoms with Crippen molar-refractivity contribution >= 4 is 126 Å². The number of fused-ring (bicyclic) bond motifs is 7. The monoisotopic (exact) mass is 1030 g/mol. The summed E-state index contributed by atoms with van der Waals surface area (Å²) in [6.07, 6.45) is 6.98. The van der Waals surface area contributed by atoms with Crippen LogP contribution in [0.25, 0.3) is 81.7 Å². The second kappa shape index (κ2) is 17.2. The normalized spacial score (nSPS) is 19.9. The van der Waals surface area contributed by atoms with Gasteiger partial charge in [0.15, 0.2) is 0 Å². The smallest absolute Gasteiger partial charge is 0.141 e. The number of anilines is 6. The van der Waals surface area contributed by atoms with E-state index >= 15 is 0 Å². The SMILES string of the molecule is Bc1c(N(c2ccc3ccccc3c2)c2ccc3c(C(C)C)cc4c(N(c5ccccc5)c5ccc6c7ccccc7n(-c7ccccc7)c6c5)ccc5ccc2c3c54)cc2c(c1B)C1(c3ccccc3-2)C2CC3CC(C2)CC1C3. The van der Waals surface area contributed by atoms with Crippen LogP contribution in [-0.4, -0.2) is 20.3 Å². The van der Waals surface area contributed by atoms with E-state index in [1.807, 2.05) is 0 Å². The molecule has 80 heavy (non-hydrogen) atoms. The Morgan fingerprint density at radius 1 is 0.425 bits per heavy atom. The molecular formula is C75H61B2N3. The molecule has 4 bridgehead atoms. The largest absolute Gasteiger partial charge is 0.310 e. The minimum atomic E-state index is 0.0954. The molecular weight excluding hydrogens is 964 g/mol. The zero-order valence-corrected chi connectivity index (χ0v) is 46.0. The lowest BCUT2D eigenvalue weighted by molar-refractivity contribution is -0.0395. The Balaban J connectivity index is 0.919. The standard InChI is InChI=1S/C75H61B2N3/c1-44(2)61-42-63-67(78(52-17-5-3-6-18-52)55-29-31-58-57-22-12-14-24-65(57)79(68(58)41-55)53-19-7-4-8-20-53)33-27-48-26-30-60-66(34-32-59(61)71(60)70(48)63)80(54-28-25-47-15-9-10-16-49(47)40-54)69-43-62-56-21-11-13-23-64(56)75(72(62)74(77)73(69)76)50-36-45-35-46(38-50)39-51(75)37-45/h3-34,40-46,50-51H,35-39,76-77H2,1-2H3. The molecule has 1 aromatic heterocycles. The maximum absolute atomic E-state index is 2.65. The van der Waals surface area contributed by atoms with Gasteiger partial charge in [-0.25, -0.2) is 0 Å². The average molecular weight is 1030 g/mol. The first-order chi connectivity index (χ1) is 39.3. The van der Waals surface area contributed by atoms with Crippen LogP contribution in [0.15, 0.2) is 218 Å². The van der Waals surface area contributed by atoms with Gasteiger partial charge in [0.2, 0.25) is 0 Å². The highest BCUT2D eigenvalue weighted by atomic mass is 15.2. The summed E-state index contributed by atoms with van der Waals surface area (Å²) < 4.78 is 2.44. The zero-order chi connectivity index (χ0) is 53.1. The third-order valence-corrected chi connectivity index (χ3v) is 20.4. The Labute approximate surface area is 470 Å². The Bertz CT molecular complexity index is 4660. The van der Waals surface area contributed by atoms with E-state index in [4.69, 9.17) is 0 Å². The van der Waals surface area contributed by atoms with Crippen LogP contribution in [0.2, 0.25) is 0 Å². The van der Waals surface area contributed by atoms with E-state index < -0.39 is 0 Å². The van der Waals surface area contributed by atoms with Gasteiger partial charge in [-0.3, -0.25) is 0 Å². The average Bonchev–Trinajstić information content (AvgIpc) is 3.59. The summed E-state index contributed by atoms with van der Waals surface area (Å²) in [7, 11) is 4.94. The van der Waals surface area contributed by atoms with Crippen molar-refractivity contribution in [1.29, 1.82) is 0 Å². The molecule has 18 rings (SSSR count). The van der Waals surface area contributed by atoms with Gasteiger partial charge < -0.3 is 14.4 Å². The van der Waals surface area contributed by atoms with Crippen LogP contribution in [0.5, 0.6) is 0 Å². The van der Waals surface area contributed by atoms with E-state index in [-0.39, 0.29) is 11.3 Å². The Hall–Kier alpha value is -8.53. The van der Waals surface area contributed by atoms with Crippen LogP contribution < -0.4 is 20.7 Å². The van der Waals surface area contributed by atoms with Crippen LogP contribution in [0, 0.1) is 23.7 Å². The molecule has 12 aromatic carbocycles. The summed E-state index contributed by atoms with van der Waals surface area (Å²) in [5, 5.41) is 12.7. The number of hydrogen-bond acceptors (Lipinski definition) is 2. The fourth-order valence-corrected chi connectivity index (χ4v) is 17.3. The molecule has 0 amide bonds. The molecule has 3 nitrogen and oxygen atoms in total. The van der Waals surface area contributed by atoms with Crippen molar-refractivity contribution < 1.29 is 0 Å². The summed E-state index contributed by atoms with van der Waals surface area (Å²) in [6, 6.07) is 83.1. The van der Waals surface area contributed by atoms with Gasteiger partial charge in [0.05, 0.1) is 22.4 Å². The molecule has 5 heteroatoms. The van der Waals surface area contributed by atoms with Crippen molar-refractivity contribution in [2.75, 3.05) is 9.80 Å². The van der Waals surface area contributed by atoms with Gasteiger partial charge in [-0.1, -0.05) is 164 Å². The topological polar surface area (TPSA) is 11.4 Å². The number of aromatic nitrogens is 1. The highest BCUT2D eigenvalue weighted by Crippen LogP contribution is 2.69. The van der Waals surface area contributed by atoms with Crippen molar-refractivity contribution in [3.63, 3.8) is 0 Å². The molecule has 4 fully saturated rings. The molecule has 382 valence electrons. The molecule has 0 N–H and O–H groups in total. The predicted octanol–water partition coefficient (Wildman–Crippen LogP) is 17.1. The molecule has 1 heterocycles. The summed E-state index contributed by atoms with van der Waals surface area (Å²) in [4.78, 5) is 5.16. The molecule has 5 aliphatic carbocycles. The maximum Gasteiger partial charge on any atom is 0.141 e. The van der Waals surface area contributed by atoms with Crippen LogP contribution in [0.4, 0.5) is 34.1 Å². The first kappa shape index (κ1) is 46.4. The van der Waals surface area contributed by atoms with E-state index in [9.17, 15) is 0 Å². The first-order valence-corrected chi connectivity index (χ1v) is 29.5. The summed E-state index contributed by atoms with van der Waals surface area (Å²) in [5.74, 6) is 3.49. The second-order valence-electron chi connectivity index (χ2n) is 24.7. The number of benzene rings is 12. The first-order valence-electron chi connectivity index (χ1n) is 29.5. The molecule has 0 radical (unpaired) electrons. The van der Waals surface area contributed by atoms with Gasteiger partial charge >= 0.3 is 0 Å².